The number of allylic oxidation sites excluding steroid dienone is 8. The van der Waals surface area contributed by atoms with E-state index in [0.29, 0.717) is 23.9 Å². The number of carboxylic acids is 1. The van der Waals surface area contributed by atoms with Crippen molar-refractivity contribution in [2.24, 2.45) is 0 Å². The van der Waals surface area contributed by atoms with Gasteiger partial charge in [-0.25, -0.2) is 0 Å². The summed E-state index contributed by atoms with van der Waals surface area (Å²) in [6, 6.07) is 0. The lowest BCUT2D eigenvalue weighted by Gasteiger charge is -2.26. The molecule has 0 heterocycles. The zero-order valence-corrected chi connectivity index (χ0v) is 62.7. The Bertz CT molecular complexity index is 1670. The molecule has 0 spiro atoms. The Morgan fingerprint density at radius 3 is 0.871 bits per heavy atom. The standard InChI is InChI=1S/C84H157NO8/c1-6-8-10-12-14-16-18-20-22-24-26-28-30-32-34-36-38-39-40-41-42-43-45-46-48-50-52-54-56-58-60-62-64-66-68-70-72-74-81(86)91-78-80(79-92-84(83(88)89)90-77-76-85(3,4)5)93-82(87)75-73-71-69-67-65-63-61-59-57-55-53-51-49-47-44-37-35-33-31-29-27-25-23-21-19-17-15-13-11-9-7-2/h19,21,24-27,31,33,80,84H,6-18,20,22-23,28-30,32,34-79H2,1-5H3/b21-19-,26-24-,27-25-,33-31-. The van der Waals surface area contributed by atoms with Crippen molar-refractivity contribution >= 4 is 17.9 Å². The molecule has 93 heavy (non-hydrogen) atoms. The molecule has 9 nitrogen and oxygen atoms in total. The number of unbranched alkanes of at least 4 members (excludes halogenated alkanes) is 54. The molecule has 0 aromatic rings. The second-order valence-electron chi connectivity index (χ2n) is 29.1. The van der Waals surface area contributed by atoms with Gasteiger partial charge in [0.1, 0.15) is 13.2 Å². The zero-order valence-electron chi connectivity index (χ0n) is 62.7. The largest absolute Gasteiger partial charge is 0.545 e. The van der Waals surface area contributed by atoms with Gasteiger partial charge in [0.05, 0.1) is 40.3 Å². The molecule has 0 amide bonds. The van der Waals surface area contributed by atoms with E-state index < -0.39 is 24.3 Å². The minimum atomic E-state index is -1.62. The number of carbonyl (C=O) groups excluding carboxylic acids is 3. The third-order valence-corrected chi connectivity index (χ3v) is 18.5. The number of hydrogen-bond donors (Lipinski definition) is 0. The van der Waals surface area contributed by atoms with Crippen LogP contribution in [0.25, 0.3) is 0 Å². The molecule has 0 saturated heterocycles. The van der Waals surface area contributed by atoms with E-state index in [2.05, 4.69) is 62.5 Å². The van der Waals surface area contributed by atoms with Crippen molar-refractivity contribution in [3.8, 4) is 0 Å². The summed E-state index contributed by atoms with van der Waals surface area (Å²) in [6.45, 7) is 4.81. The van der Waals surface area contributed by atoms with E-state index in [1.807, 2.05) is 21.1 Å². The lowest BCUT2D eigenvalue weighted by atomic mass is 10.0. The van der Waals surface area contributed by atoms with Crippen LogP contribution in [0.15, 0.2) is 48.6 Å². The van der Waals surface area contributed by atoms with Gasteiger partial charge in [-0.1, -0.05) is 371 Å². The summed E-state index contributed by atoms with van der Waals surface area (Å²) < 4.78 is 22.9. The summed E-state index contributed by atoms with van der Waals surface area (Å²) in [5.41, 5.74) is 0. The number of quaternary nitrogens is 1. The Hall–Kier alpha value is -2.75. The average Bonchev–Trinajstić information content (AvgIpc) is 3.38. The number of esters is 2. The van der Waals surface area contributed by atoms with Crippen molar-refractivity contribution in [1.29, 1.82) is 0 Å². The minimum Gasteiger partial charge on any atom is -0.545 e. The number of rotatable bonds is 77. The number of likely N-dealkylation sites (N-methyl/N-ethyl adjacent to an activating group) is 1. The first-order valence-electron chi connectivity index (χ1n) is 40.8. The minimum absolute atomic E-state index is 0.150. The maximum absolute atomic E-state index is 13.0. The number of carbonyl (C=O) groups is 3. The number of nitrogens with zero attached hydrogens (tertiary/aromatic N) is 1. The third kappa shape index (κ3) is 76.5. The highest BCUT2D eigenvalue weighted by Gasteiger charge is 2.22. The van der Waals surface area contributed by atoms with Gasteiger partial charge in [0.15, 0.2) is 12.4 Å². The molecule has 0 fully saturated rings. The maximum Gasteiger partial charge on any atom is 0.306 e. The highest BCUT2D eigenvalue weighted by molar-refractivity contribution is 5.70. The van der Waals surface area contributed by atoms with Crippen molar-refractivity contribution in [3.05, 3.63) is 48.6 Å². The molecule has 2 atom stereocenters. The van der Waals surface area contributed by atoms with Crippen LogP contribution in [0.5, 0.6) is 0 Å². The Balaban J connectivity index is 3.96. The summed E-state index contributed by atoms with van der Waals surface area (Å²) >= 11 is 0. The quantitative estimate of drug-likeness (QED) is 0.0195. The van der Waals surface area contributed by atoms with Gasteiger partial charge in [-0.15, -0.1) is 0 Å². The molecule has 0 rings (SSSR count). The van der Waals surface area contributed by atoms with Gasteiger partial charge >= 0.3 is 11.9 Å². The first-order valence-corrected chi connectivity index (χ1v) is 40.8. The second-order valence-corrected chi connectivity index (χ2v) is 29.1. The third-order valence-electron chi connectivity index (χ3n) is 18.5. The molecular formula is C84H157NO8. The molecule has 0 aliphatic carbocycles. The fraction of sp³-hybridized carbons (Fsp3) is 0.869. The van der Waals surface area contributed by atoms with E-state index in [9.17, 15) is 19.5 Å². The van der Waals surface area contributed by atoms with Gasteiger partial charge in [0.2, 0.25) is 0 Å². The monoisotopic (exact) mass is 1310 g/mol. The van der Waals surface area contributed by atoms with Crippen molar-refractivity contribution in [3.63, 3.8) is 0 Å². The van der Waals surface area contributed by atoms with Crippen LogP contribution >= 0.6 is 0 Å². The molecule has 0 aromatic carbocycles. The molecule has 0 saturated carbocycles. The zero-order chi connectivity index (χ0) is 67.5. The molecule has 0 aromatic heterocycles. The van der Waals surface area contributed by atoms with E-state index >= 15 is 0 Å². The molecule has 0 bridgehead atoms. The lowest BCUT2D eigenvalue weighted by molar-refractivity contribution is -0.870. The van der Waals surface area contributed by atoms with Crippen molar-refractivity contribution in [1.82, 2.24) is 0 Å². The van der Waals surface area contributed by atoms with E-state index in [1.54, 1.807) is 0 Å². The van der Waals surface area contributed by atoms with Gasteiger partial charge < -0.3 is 33.3 Å². The van der Waals surface area contributed by atoms with E-state index in [1.165, 1.54) is 334 Å². The van der Waals surface area contributed by atoms with Crippen LogP contribution in [0.2, 0.25) is 0 Å². The number of ether oxygens (including phenoxy) is 4. The van der Waals surface area contributed by atoms with E-state index in [-0.39, 0.29) is 32.2 Å². The summed E-state index contributed by atoms with van der Waals surface area (Å²) in [5, 5.41) is 11.9. The smallest absolute Gasteiger partial charge is 0.306 e. The molecule has 0 aliphatic heterocycles. The van der Waals surface area contributed by atoms with Crippen LogP contribution in [-0.2, 0) is 33.3 Å². The topological polar surface area (TPSA) is 111 Å². The Kier molecular flexibility index (Phi) is 72.8. The van der Waals surface area contributed by atoms with Crippen molar-refractivity contribution in [2.75, 3.05) is 47.5 Å². The van der Waals surface area contributed by atoms with Crippen LogP contribution in [-0.4, -0.2) is 82.3 Å². The highest BCUT2D eigenvalue weighted by atomic mass is 16.7. The second kappa shape index (κ2) is 75.0. The van der Waals surface area contributed by atoms with Gasteiger partial charge in [0, 0.05) is 12.8 Å². The Morgan fingerprint density at radius 2 is 0.581 bits per heavy atom. The van der Waals surface area contributed by atoms with E-state index in [0.717, 1.165) is 44.9 Å². The summed E-state index contributed by atoms with van der Waals surface area (Å²) in [6.07, 6.45) is 95.3. The maximum atomic E-state index is 13.0. The number of carboxylic acid groups (broad SMARTS) is 1. The number of aliphatic carboxylic acids is 1. The molecule has 0 radical (unpaired) electrons. The van der Waals surface area contributed by atoms with Crippen LogP contribution in [0.3, 0.4) is 0 Å². The van der Waals surface area contributed by atoms with Gasteiger partial charge in [-0.3, -0.25) is 9.59 Å². The molecule has 2 unspecified atom stereocenters. The van der Waals surface area contributed by atoms with E-state index in [4.69, 9.17) is 18.9 Å². The summed E-state index contributed by atoms with van der Waals surface area (Å²) in [5.74, 6) is -2.25. The molecular weight excluding hydrogens is 1150 g/mol. The SMILES string of the molecule is CCCCCCC/C=C\C/C=C\C/C=C\CCCCCCCCCCCCCCCCCCC(=O)OC(COC(=O)CCCCCCCCCCCCCCCCCCCCCCCCCCC/C=C\CCCCCCCCCC)COC(OCC[N+](C)(C)C)C(=O)[O-]. The molecule has 9 heteroatoms. The Morgan fingerprint density at radius 1 is 0.323 bits per heavy atom. The average molecular weight is 1310 g/mol. The Labute approximate surface area is 578 Å². The summed E-state index contributed by atoms with van der Waals surface area (Å²) in [4.78, 5) is 37.6. The van der Waals surface area contributed by atoms with Crippen LogP contribution in [0.1, 0.15) is 412 Å². The fourth-order valence-electron chi connectivity index (χ4n) is 12.3. The first-order chi connectivity index (χ1) is 45.6. The van der Waals surface area contributed by atoms with Crippen LogP contribution < -0.4 is 5.11 Å². The molecule has 0 aliphatic rings. The van der Waals surface area contributed by atoms with Crippen LogP contribution in [0.4, 0.5) is 0 Å². The molecule has 0 N–H and O–H groups in total. The normalized spacial score (nSPS) is 12.8. The highest BCUT2D eigenvalue weighted by Crippen LogP contribution is 2.20. The predicted octanol–water partition coefficient (Wildman–Crippen LogP) is 24.7. The van der Waals surface area contributed by atoms with Crippen LogP contribution in [0, 0.1) is 0 Å². The fourth-order valence-corrected chi connectivity index (χ4v) is 12.3. The van der Waals surface area contributed by atoms with Crippen molar-refractivity contribution in [2.45, 2.75) is 424 Å². The van der Waals surface area contributed by atoms with Gasteiger partial charge in [-0.2, -0.15) is 0 Å². The summed E-state index contributed by atoms with van der Waals surface area (Å²) in [7, 11) is 5.95. The van der Waals surface area contributed by atoms with Gasteiger partial charge in [-0.05, 0) is 77.0 Å². The van der Waals surface area contributed by atoms with Gasteiger partial charge in [0.25, 0.3) is 0 Å². The lowest BCUT2D eigenvalue weighted by Crippen LogP contribution is -2.44. The predicted molar refractivity (Wildman–Crippen MR) is 399 cm³/mol. The first kappa shape index (κ1) is 90.2. The van der Waals surface area contributed by atoms with Crippen molar-refractivity contribution < 1.29 is 42.9 Å². The number of hydrogen-bond acceptors (Lipinski definition) is 8. The molecule has 546 valence electrons.